The molecule has 1 aromatic rings. The van der Waals surface area contributed by atoms with Gasteiger partial charge in [0, 0.05) is 32.1 Å². The minimum atomic E-state index is -0.221. The van der Waals surface area contributed by atoms with Crippen molar-refractivity contribution < 1.29 is 14.3 Å². The summed E-state index contributed by atoms with van der Waals surface area (Å²) in [6.45, 7) is 4.34. The first-order chi connectivity index (χ1) is 14.7. The van der Waals surface area contributed by atoms with Crippen LogP contribution in [0.4, 0.5) is 0 Å². The minimum absolute atomic E-state index is 0.0519. The number of likely N-dealkylation sites (tertiary alicyclic amines) is 1. The van der Waals surface area contributed by atoms with E-state index in [4.69, 9.17) is 4.74 Å². The summed E-state index contributed by atoms with van der Waals surface area (Å²) in [5, 5.41) is 3.20. The number of carbonyl (C=O) groups is 2. The lowest BCUT2D eigenvalue weighted by Crippen LogP contribution is -2.51. The highest BCUT2D eigenvalue weighted by Crippen LogP contribution is 2.30. The summed E-state index contributed by atoms with van der Waals surface area (Å²) in [6.07, 6.45) is 7.39. The molecule has 0 radical (unpaired) electrons. The quantitative estimate of drug-likeness (QED) is 0.746. The molecule has 0 aromatic heterocycles. The third-order valence-corrected chi connectivity index (χ3v) is 7.20. The Morgan fingerprint density at radius 2 is 2.00 bits per heavy atom. The molecular formula is C24H35N3O3. The van der Waals surface area contributed by atoms with Crippen molar-refractivity contribution in [3.05, 3.63) is 29.8 Å². The summed E-state index contributed by atoms with van der Waals surface area (Å²) in [5.74, 6) is 1.32. The second-order valence-corrected chi connectivity index (χ2v) is 9.05. The highest BCUT2D eigenvalue weighted by atomic mass is 16.5. The van der Waals surface area contributed by atoms with Crippen molar-refractivity contribution in [1.82, 2.24) is 15.1 Å². The molecule has 3 heterocycles. The van der Waals surface area contributed by atoms with E-state index in [1.165, 1.54) is 45.2 Å². The van der Waals surface area contributed by atoms with Gasteiger partial charge in [-0.2, -0.15) is 0 Å². The molecule has 0 saturated carbocycles. The Balaban J connectivity index is 1.25. The summed E-state index contributed by atoms with van der Waals surface area (Å²) < 4.78 is 5.40. The molecule has 3 atom stereocenters. The van der Waals surface area contributed by atoms with Gasteiger partial charge >= 0.3 is 0 Å². The second kappa shape index (κ2) is 9.82. The molecule has 0 bridgehead atoms. The van der Waals surface area contributed by atoms with Crippen molar-refractivity contribution in [3.63, 3.8) is 0 Å². The maximum atomic E-state index is 12.8. The van der Waals surface area contributed by atoms with Crippen molar-refractivity contribution in [1.29, 1.82) is 0 Å². The van der Waals surface area contributed by atoms with E-state index in [2.05, 4.69) is 10.2 Å². The van der Waals surface area contributed by atoms with Crippen molar-refractivity contribution >= 4 is 11.8 Å². The van der Waals surface area contributed by atoms with Crippen LogP contribution in [0.5, 0.6) is 5.75 Å². The zero-order valence-corrected chi connectivity index (χ0v) is 18.1. The lowest BCUT2D eigenvalue weighted by molar-refractivity contribution is -0.129. The number of ether oxygens (including phenoxy) is 1. The predicted octanol–water partition coefficient (Wildman–Crippen LogP) is 2.47. The monoisotopic (exact) mass is 413 g/mol. The number of nitrogens with zero attached hydrogens (tertiary/aromatic N) is 2. The molecule has 3 unspecified atom stereocenters. The number of rotatable bonds is 7. The zero-order valence-electron chi connectivity index (χ0n) is 18.1. The summed E-state index contributed by atoms with van der Waals surface area (Å²) in [5.41, 5.74) is 1.09. The smallest absolute Gasteiger partial charge is 0.225 e. The minimum Gasteiger partial charge on any atom is -0.496 e. The number of amides is 2. The average Bonchev–Trinajstić information content (AvgIpc) is 3.16. The first-order valence-corrected chi connectivity index (χ1v) is 11.6. The fourth-order valence-electron chi connectivity index (χ4n) is 5.52. The summed E-state index contributed by atoms with van der Waals surface area (Å²) >= 11 is 0. The van der Waals surface area contributed by atoms with E-state index in [0.717, 1.165) is 24.3 Å². The van der Waals surface area contributed by atoms with E-state index in [1.54, 1.807) is 7.11 Å². The van der Waals surface area contributed by atoms with E-state index in [9.17, 15) is 9.59 Å². The van der Waals surface area contributed by atoms with Gasteiger partial charge in [0.2, 0.25) is 11.8 Å². The van der Waals surface area contributed by atoms with Gasteiger partial charge in [0.15, 0.2) is 0 Å². The number of fused-ring (bicyclic) bond motifs is 1. The Kier molecular flexibility index (Phi) is 6.93. The number of methoxy groups -OCH3 is 1. The lowest BCUT2D eigenvalue weighted by atomic mass is 9.83. The molecular weight excluding hydrogens is 378 g/mol. The van der Waals surface area contributed by atoms with E-state index in [0.29, 0.717) is 31.5 Å². The van der Waals surface area contributed by atoms with Crippen LogP contribution < -0.4 is 10.1 Å². The molecule has 3 fully saturated rings. The van der Waals surface area contributed by atoms with Crippen LogP contribution in [-0.2, 0) is 16.0 Å². The van der Waals surface area contributed by atoms with Gasteiger partial charge in [-0.25, -0.2) is 0 Å². The Morgan fingerprint density at radius 1 is 1.17 bits per heavy atom. The Morgan fingerprint density at radius 3 is 2.87 bits per heavy atom. The van der Waals surface area contributed by atoms with Gasteiger partial charge in [0.05, 0.1) is 13.0 Å². The number of piperidine rings is 2. The van der Waals surface area contributed by atoms with Crippen molar-refractivity contribution in [3.8, 4) is 5.75 Å². The first-order valence-electron chi connectivity index (χ1n) is 11.6. The van der Waals surface area contributed by atoms with Crippen LogP contribution in [0.3, 0.4) is 0 Å². The van der Waals surface area contributed by atoms with Crippen LogP contribution in [0.2, 0.25) is 0 Å². The zero-order chi connectivity index (χ0) is 20.9. The van der Waals surface area contributed by atoms with E-state index < -0.39 is 0 Å². The van der Waals surface area contributed by atoms with Gasteiger partial charge in [-0.1, -0.05) is 24.6 Å². The van der Waals surface area contributed by atoms with Gasteiger partial charge in [0.25, 0.3) is 0 Å². The Bertz CT molecular complexity index is 751. The largest absolute Gasteiger partial charge is 0.496 e. The van der Waals surface area contributed by atoms with Gasteiger partial charge in [-0.15, -0.1) is 0 Å². The molecule has 2 amide bonds. The maximum Gasteiger partial charge on any atom is 0.225 e. The number of carbonyl (C=O) groups excluding carboxylic acids is 2. The lowest BCUT2D eigenvalue weighted by Gasteiger charge is -2.44. The average molecular weight is 414 g/mol. The highest BCUT2D eigenvalue weighted by Gasteiger charge is 2.36. The molecule has 4 rings (SSSR count). The van der Waals surface area contributed by atoms with Crippen molar-refractivity contribution in [2.75, 3.05) is 39.8 Å². The van der Waals surface area contributed by atoms with E-state index in [-0.39, 0.29) is 17.7 Å². The molecule has 3 saturated heterocycles. The van der Waals surface area contributed by atoms with Gasteiger partial charge in [-0.3, -0.25) is 9.59 Å². The van der Waals surface area contributed by atoms with Crippen LogP contribution in [0, 0.1) is 11.8 Å². The van der Waals surface area contributed by atoms with Crippen LogP contribution >= 0.6 is 0 Å². The molecule has 164 valence electrons. The topological polar surface area (TPSA) is 61.9 Å². The third kappa shape index (κ3) is 4.80. The van der Waals surface area contributed by atoms with Crippen LogP contribution in [0.25, 0.3) is 0 Å². The molecule has 6 nitrogen and oxygen atoms in total. The first kappa shape index (κ1) is 21.2. The summed E-state index contributed by atoms with van der Waals surface area (Å²) in [4.78, 5) is 29.7. The van der Waals surface area contributed by atoms with Crippen molar-refractivity contribution in [2.24, 2.45) is 11.8 Å². The molecule has 3 aliphatic rings. The molecule has 1 N–H and O–H groups in total. The fourth-order valence-corrected chi connectivity index (χ4v) is 5.52. The van der Waals surface area contributed by atoms with Crippen LogP contribution in [0.15, 0.2) is 24.3 Å². The third-order valence-electron chi connectivity index (χ3n) is 7.20. The SMILES string of the molecule is COc1ccccc1CCN1CC(C(=O)NCC2CCCN3CCCCC23)CC1=O. The molecule has 6 heteroatoms. The summed E-state index contributed by atoms with van der Waals surface area (Å²) in [7, 11) is 1.67. The number of para-hydroxylation sites is 1. The highest BCUT2D eigenvalue weighted by molar-refractivity contribution is 5.89. The van der Waals surface area contributed by atoms with E-state index >= 15 is 0 Å². The second-order valence-electron chi connectivity index (χ2n) is 9.05. The fraction of sp³-hybridized carbons (Fsp3) is 0.667. The van der Waals surface area contributed by atoms with Gasteiger partial charge < -0.3 is 19.9 Å². The molecule has 0 spiro atoms. The normalized spacial score (nSPS) is 27.0. The Hall–Kier alpha value is -2.08. The number of nitrogens with one attached hydrogen (secondary N) is 1. The van der Waals surface area contributed by atoms with Crippen LogP contribution in [0.1, 0.15) is 44.1 Å². The summed E-state index contributed by atoms with van der Waals surface area (Å²) in [6, 6.07) is 8.54. The number of hydrogen-bond donors (Lipinski definition) is 1. The molecule has 30 heavy (non-hydrogen) atoms. The van der Waals surface area contributed by atoms with E-state index in [1.807, 2.05) is 29.2 Å². The van der Waals surface area contributed by atoms with Gasteiger partial charge in [0.1, 0.15) is 5.75 Å². The molecule has 0 aliphatic carbocycles. The molecule has 1 aromatic carbocycles. The predicted molar refractivity (Wildman–Crippen MR) is 116 cm³/mol. The number of hydrogen-bond acceptors (Lipinski definition) is 4. The maximum absolute atomic E-state index is 12.8. The Labute approximate surface area is 179 Å². The number of benzene rings is 1. The van der Waals surface area contributed by atoms with Crippen LogP contribution in [-0.4, -0.2) is 67.5 Å². The van der Waals surface area contributed by atoms with Crippen molar-refractivity contribution in [2.45, 2.75) is 51.0 Å². The standard InChI is InChI=1S/C24H35N3O3/c1-30-22-10-3-2-7-18(22)11-14-27-17-20(15-23(27)28)24(29)25-16-19-8-6-13-26-12-5-4-9-21(19)26/h2-3,7,10,19-21H,4-6,8-9,11-17H2,1H3,(H,25,29). The molecule has 3 aliphatic heterocycles. The van der Waals surface area contributed by atoms with Gasteiger partial charge in [-0.05, 0) is 62.7 Å².